The highest BCUT2D eigenvalue weighted by molar-refractivity contribution is 6.32. The summed E-state index contributed by atoms with van der Waals surface area (Å²) in [6.07, 6.45) is 4.12. The number of likely N-dealkylation sites (tertiary alicyclic amines) is 1. The smallest absolute Gasteiger partial charge is 0.326 e. The van der Waals surface area contributed by atoms with Crippen molar-refractivity contribution in [2.24, 2.45) is 17.8 Å². The number of aliphatic carboxylic acids is 4. The number of imide groups is 2. The fourth-order valence-corrected chi connectivity index (χ4v) is 12.6. The number of nitrogens with one attached hydrogen (secondary N) is 8. The Bertz CT molecular complexity index is 4380. The Balaban J connectivity index is 0.879. The second-order valence-electron chi connectivity index (χ2n) is 25.4. The molecule has 100 heavy (non-hydrogen) atoms. The Morgan fingerprint density at radius 2 is 0.870 bits per heavy atom. The van der Waals surface area contributed by atoms with Crippen LogP contribution in [0, 0.1) is 17.8 Å². The van der Waals surface area contributed by atoms with Gasteiger partial charge in [0.25, 0.3) is 17.7 Å². The van der Waals surface area contributed by atoms with Crippen molar-refractivity contribution in [1.29, 1.82) is 0 Å². The molecule has 5 unspecified atom stereocenters. The molecule has 5 aromatic carbocycles. The van der Waals surface area contributed by atoms with Crippen molar-refractivity contribution >= 4 is 128 Å². The van der Waals surface area contributed by atoms with Crippen molar-refractivity contribution in [3.05, 3.63) is 141 Å². The van der Waals surface area contributed by atoms with Gasteiger partial charge >= 0.3 is 23.9 Å². The molecule has 1 fully saturated rings. The number of allylic oxidation sites excluding steroid dienone is 1. The average Bonchev–Trinajstić information content (AvgIpc) is 0.692. The molecule has 0 aromatic heterocycles. The molecule has 522 valence electrons. The lowest BCUT2D eigenvalue weighted by Crippen LogP contribution is -2.59. The van der Waals surface area contributed by atoms with Crippen LogP contribution in [0.25, 0.3) is 33.7 Å². The number of nitrogens with zero attached hydrogens (tertiary/aromatic N) is 2. The molecule has 2 aliphatic heterocycles. The summed E-state index contributed by atoms with van der Waals surface area (Å²) in [5.74, 6) is -20.3. The Morgan fingerprint density at radius 1 is 0.450 bits per heavy atom. The van der Waals surface area contributed by atoms with Crippen LogP contribution in [0.5, 0.6) is 0 Å². The quantitative estimate of drug-likeness (QED) is 0.0268. The first-order valence-corrected chi connectivity index (χ1v) is 31.9. The van der Waals surface area contributed by atoms with Gasteiger partial charge in [0.05, 0.1) is 18.8 Å². The predicted octanol–water partition coefficient (Wildman–Crippen LogP) is -0.0420. The molecule has 1 saturated heterocycles. The van der Waals surface area contributed by atoms with Crippen molar-refractivity contribution in [3.63, 3.8) is 0 Å². The molecule has 10 atom stereocenters. The minimum Gasteiger partial charge on any atom is -0.481 e. The predicted molar refractivity (Wildman–Crippen MR) is 353 cm³/mol. The van der Waals surface area contributed by atoms with Crippen LogP contribution in [0.4, 0.5) is 0 Å². The zero-order chi connectivity index (χ0) is 72.9. The van der Waals surface area contributed by atoms with E-state index < -0.39 is 193 Å². The van der Waals surface area contributed by atoms with Gasteiger partial charge in [0.1, 0.15) is 61.4 Å². The lowest BCUT2D eigenvalue weighted by Gasteiger charge is -2.41. The number of carbonyl (C=O) groups is 16. The molecule has 12 amide bonds. The number of piperidine rings is 1. The maximum Gasteiger partial charge on any atom is 0.326 e. The van der Waals surface area contributed by atoms with Crippen LogP contribution in [0.2, 0.25) is 0 Å². The first kappa shape index (κ1) is 72.3. The topological polar surface area (TPSA) is 457 Å². The van der Waals surface area contributed by atoms with Crippen LogP contribution in [0.3, 0.4) is 0 Å². The van der Waals surface area contributed by atoms with Crippen LogP contribution in [-0.4, -0.2) is 186 Å². The molecule has 2 heterocycles. The van der Waals surface area contributed by atoms with E-state index in [9.17, 15) is 97.1 Å². The normalized spacial score (nSPS) is 17.4. The van der Waals surface area contributed by atoms with Gasteiger partial charge < -0.3 is 63.0 Å². The van der Waals surface area contributed by atoms with E-state index in [1.807, 2.05) is 0 Å². The van der Waals surface area contributed by atoms with Gasteiger partial charge in [0, 0.05) is 40.8 Å². The fourth-order valence-electron chi connectivity index (χ4n) is 12.6. The molecule has 12 N–H and O–H groups in total. The number of rotatable bonds is 30. The number of fused-ring (bicyclic) bond motifs is 2. The third kappa shape index (κ3) is 15.5. The summed E-state index contributed by atoms with van der Waals surface area (Å²) in [6, 6.07) is 10.5. The van der Waals surface area contributed by atoms with Crippen molar-refractivity contribution in [2.75, 3.05) is 13.1 Å². The first-order valence-electron chi connectivity index (χ1n) is 31.9. The van der Waals surface area contributed by atoms with Gasteiger partial charge in [0.2, 0.25) is 53.2 Å². The molecule has 2 aliphatic carbocycles. The number of hydrogen-bond acceptors (Lipinski definition) is 16. The van der Waals surface area contributed by atoms with Gasteiger partial charge in [0.15, 0.2) is 0 Å². The molecule has 0 spiro atoms. The maximum atomic E-state index is 14.5. The van der Waals surface area contributed by atoms with E-state index in [2.05, 4.69) is 42.5 Å². The zero-order valence-corrected chi connectivity index (χ0v) is 54.8. The third-order valence-corrected chi connectivity index (χ3v) is 17.7. The summed E-state index contributed by atoms with van der Waals surface area (Å²) in [4.78, 5) is 216. The van der Waals surface area contributed by atoms with Crippen LogP contribution in [0.1, 0.15) is 103 Å². The largest absolute Gasteiger partial charge is 0.481 e. The molecule has 0 bridgehead atoms. The lowest BCUT2D eigenvalue weighted by molar-refractivity contribution is -0.151. The highest BCUT2D eigenvalue weighted by atomic mass is 16.4. The Labute approximate surface area is 569 Å². The summed E-state index contributed by atoms with van der Waals surface area (Å²) in [7, 11) is 0. The van der Waals surface area contributed by atoms with E-state index in [4.69, 9.17) is 0 Å². The number of hydrogen-bond donors (Lipinski definition) is 12. The van der Waals surface area contributed by atoms with Crippen LogP contribution >= 0.6 is 0 Å². The molecule has 4 aliphatic rings. The molecule has 5 aromatic rings. The van der Waals surface area contributed by atoms with Gasteiger partial charge in [-0.15, -0.1) is 0 Å². The van der Waals surface area contributed by atoms with Crippen molar-refractivity contribution in [2.45, 2.75) is 121 Å². The lowest BCUT2D eigenvalue weighted by atomic mass is 9.67. The Hall–Kier alpha value is -12.0. The Morgan fingerprint density at radius 3 is 1.30 bits per heavy atom. The summed E-state index contributed by atoms with van der Waals surface area (Å²) in [6.45, 7) is 6.84. The number of amides is 12. The highest BCUT2D eigenvalue weighted by Gasteiger charge is 2.49. The standard InChI is InChI=1S/C70H72N10O20/c1-31(2)57(69(97)98)77-63(91)47(27-51(83)84)75-61(89)45(25-35-13-9-7-10-14-35)73-59(87)33(5)71-49(81)29-79-65(93)41-21-17-37-39-19-23-43-56-44(24-20-40(54(39)56)38-18-22-42(66(79)94)55(41)53(37)38)68(96)80(67(43)95)30-50(82)72-34(6)60(88)74-46(26-36-15-11-8-12-16-36)62(90)76-48(28-52(85)86)64(92)78-58(32(3)4)70(99)100/h7-24,31-34,41,45-48,55,57-58H,25-30H2,1-6H3,(H,71,81)(H,72,82)(H,73,87)(H,74,88)(H,75,89)(H,76,90)(H,77,91)(H,78,92)(H,83,84)(H,85,86)(H,97,98)(H,99,100)/t33?,34?,41?,45-,46-,47?,48-,55?,57-,58-/m0/s1. The first-order chi connectivity index (χ1) is 47.3. The second kappa shape index (κ2) is 30.2. The van der Waals surface area contributed by atoms with Gasteiger partial charge in [-0.1, -0.05) is 125 Å². The van der Waals surface area contributed by atoms with Crippen LogP contribution in [0.15, 0.2) is 103 Å². The molecule has 9 rings (SSSR count). The van der Waals surface area contributed by atoms with Gasteiger partial charge in [-0.25, -0.2) is 9.59 Å². The maximum absolute atomic E-state index is 14.5. The van der Waals surface area contributed by atoms with Gasteiger partial charge in [-0.3, -0.25) is 76.9 Å². The SMILES string of the molecule is CC(NC(=O)CN1C(=O)C2=CC=c3c4c(c5ccc6c7c(ccc3c57)C(=O)N(CC(=O)NC(C)C(=O)N[C@@H](Cc3ccccc3)C(=O)N[C@@H](CC(=O)O)C(=O)N[C@H](C(=O)O)C(C)C)C6=O)C=CC(C1=O)C24)C(=O)N[C@@H](Cc1ccccc1)C(=O)NC(CC(=O)O)C(=O)N[C@H](C(=O)O)C(C)C. The van der Waals surface area contributed by atoms with Crippen LogP contribution < -0.4 is 47.8 Å². The molecule has 30 heteroatoms. The fraction of sp³-hybridized carbons (Fsp3) is 0.343. The number of carbonyl (C=O) groups excluding carboxylic acids is 12. The minimum absolute atomic E-state index is 0.0415. The molecule has 0 radical (unpaired) electrons. The van der Waals surface area contributed by atoms with Crippen LogP contribution in [-0.2, 0) is 80.0 Å². The van der Waals surface area contributed by atoms with E-state index in [1.54, 1.807) is 91.0 Å². The minimum atomic E-state index is -1.78. The Kier molecular flexibility index (Phi) is 21.8. The molecular weight excluding hydrogens is 1300 g/mol. The molecule has 30 nitrogen and oxygen atoms in total. The third-order valence-electron chi connectivity index (χ3n) is 17.7. The van der Waals surface area contributed by atoms with E-state index in [0.717, 1.165) is 4.90 Å². The molecular formula is C70H72N10O20. The second-order valence-corrected chi connectivity index (χ2v) is 25.4. The summed E-state index contributed by atoms with van der Waals surface area (Å²) < 4.78 is 0. The average molecular weight is 1370 g/mol. The zero-order valence-electron chi connectivity index (χ0n) is 54.8. The summed E-state index contributed by atoms with van der Waals surface area (Å²) in [5, 5.41) is 59.9. The van der Waals surface area contributed by atoms with E-state index >= 15 is 0 Å². The highest BCUT2D eigenvalue weighted by Crippen LogP contribution is 2.48. The van der Waals surface area contributed by atoms with Crippen molar-refractivity contribution in [1.82, 2.24) is 52.3 Å². The van der Waals surface area contributed by atoms with Gasteiger partial charge in [-0.05, 0) is 81.4 Å². The van der Waals surface area contributed by atoms with Crippen molar-refractivity contribution < 1.29 is 97.1 Å². The number of carboxylic acid groups (broad SMARTS) is 4. The van der Waals surface area contributed by atoms with Gasteiger partial charge in [-0.2, -0.15) is 0 Å². The number of benzene rings is 5. The summed E-state index contributed by atoms with van der Waals surface area (Å²) in [5.41, 5.74) is 2.42. The van der Waals surface area contributed by atoms with E-state index in [-0.39, 0.29) is 34.9 Å². The molecule has 0 saturated carbocycles. The van der Waals surface area contributed by atoms with Crippen molar-refractivity contribution in [3.8, 4) is 0 Å². The number of carboxylic acids is 4. The van der Waals surface area contributed by atoms with E-state index in [1.165, 1.54) is 59.8 Å². The summed E-state index contributed by atoms with van der Waals surface area (Å²) >= 11 is 0. The van der Waals surface area contributed by atoms with E-state index in [0.29, 0.717) is 48.5 Å². The monoisotopic (exact) mass is 1370 g/mol.